The fraction of sp³-hybridized carbons (Fsp3) is 0.692. The van der Waals surface area contributed by atoms with Gasteiger partial charge in [-0.1, -0.05) is 6.42 Å². The Morgan fingerprint density at radius 3 is 2.71 bits per heavy atom. The number of aliphatic hydroxyl groups is 1. The lowest BCUT2D eigenvalue weighted by molar-refractivity contribution is 0.0149. The first-order chi connectivity index (χ1) is 8.13. The van der Waals surface area contributed by atoms with Gasteiger partial charge in [0.05, 0.1) is 3.79 Å². The van der Waals surface area contributed by atoms with Crippen LogP contribution in [-0.2, 0) is 6.42 Å². The van der Waals surface area contributed by atoms with E-state index < -0.39 is 0 Å². The number of thiophene rings is 1. The third-order valence-corrected chi connectivity index (χ3v) is 5.41. The maximum atomic E-state index is 9.44. The molecule has 4 heteroatoms. The number of halogens is 1. The lowest BCUT2D eigenvalue weighted by Crippen LogP contribution is -2.44. The van der Waals surface area contributed by atoms with E-state index in [0.29, 0.717) is 6.61 Å². The third kappa shape index (κ3) is 3.53. The van der Waals surface area contributed by atoms with E-state index in [1.54, 1.807) is 0 Å². The van der Waals surface area contributed by atoms with Crippen molar-refractivity contribution in [2.24, 2.45) is 5.41 Å². The van der Waals surface area contributed by atoms with Crippen molar-refractivity contribution >= 4 is 27.3 Å². The maximum absolute atomic E-state index is 9.44. The monoisotopic (exact) mass is 317 g/mol. The zero-order chi connectivity index (χ0) is 12.3. The number of hydrogen-bond acceptors (Lipinski definition) is 3. The summed E-state index contributed by atoms with van der Waals surface area (Å²) in [4.78, 5) is 3.79. The van der Waals surface area contributed by atoms with Crippen molar-refractivity contribution in [2.75, 3.05) is 26.7 Å². The molecule has 0 bridgehead atoms. The van der Waals surface area contributed by atoms with Gasteiger partial charge in [-0.25, -0.2) is 0 Å². The Morgan fingerprint density at radius 2 is 2.24 bits per heavy atom. The zero-order valence-corrected chi connectivity index (χ0v) is 12.7. The van der Waals surface area contributed by atoms with Crippen molar-refractivity contribution in [3.63, 3.8) is 0 Å². The van der Waals surface area contributed by atoms with E-state index in [9.17, 15) is 5.11 Å². The Balaban J connectivity index is 1.75. The summed E-state index contributed by atoms with van der Waals surface area (Å²) in [5.74, 6) is 0. The van der Waals surface area contributed by atoms with Crippen molar-refractivity contribution in [3.05, 3.63) is 20.8 Å². The van der Waals surface area contributed by atoms with Gasteiger partial charge >= 0.3 is 0 Å². The van der Waals surface area contributed by atoms with Crippen molar-refractivity contribution < 1.29 is 5.11 Å². The van der Waals surface area contributed by atoms with Crippen LogP contribution in [0.25, 0.3) is 0 Å². The lowest BCUT2D eigenvalue weighted by Gasteiger charge is -2.43. The van der Waals surface area contributed by atoms with E-state index in [4.69, 9.17) is 0 Å². The van der Waals surface area contributed by atoms with Gasteiger partial charge in [-0.2, -0.15) is 0 Å². The first-order valence-corrected chi connectivity index (χ1v) is 7.78. The fourth-order valence-corrected chi connectivity index (χ4v) is 3.95. The van der Waals surface area contributed by atoms with Crippen molar-refractivity contribution in [2.45, 2.75) is 25.7 Å². The molecule has 17 heavy (non-hydrogen) atoms. The molecule has 0 saturated heterocycles. The molecule has 1 heterocycles. The van der Waals surface area contributed by atoms with Crippen LogP contribution in [0.1, 0.15) is 24.1 Å². The average Bonchev–Trinajstić information content (AvgIpc) is 2.67. The molecule has 0 aromatic carbocycles. The Morgan fingerprint density at radius 1 is 1.47 bits per heavy atom. The van der Waals surface area contributed by atoms with Crippen LogP contribution in [0.4, 0.5) is 0 Å². The summed E-state index contributed by atoms with van der Waals surface area (Å²) in [5.41, 5.74) is 0.213. The predicted octanol–water partition coefficient (Wildman–Crippen LogP) is 3.15. The van der Waals surface area contributed by atoms with Crippen molar-refractivity contribution in [1.82, 2.24) is 4.90 Å². The molecule has 1 saturated carbocycles. The van der Waals surface area contributed by atoms with E-state index >= 15 is 0 Å². The molecule has 96 valence electrons. The SMILES string of the molecule is CN(CCc1ccc(Br)s1)CC1(CO)CCC1. The van der Waals surface area contributed by atoms with Crippen LogP contribution in [0.2, 0.25) is 0 Å². The van der Waals surface area contributed by atoms with Crippen LogP contribution < -0.4 is 0 Å². The molecule has 0 unspecified atom stereocenters. The molecule has 1 aromatic rings. The van der Waals surface area contributed by atoms with Crippen molar-refractivity contribution in [1.29, 1.82) is 0 Å². The fourth-order valence-electron chi connectivity index (χ4n) is 2.48. The van der Waals surface area contributed by atoms with Gasteiger partial charge < -0.3 is 10.0 Å². The van der Waals surface area contributed by atoms with Crippen LogP contribution in [0.5, 0.6) is 0 Å². The van der Waals surface area contributed by atoms with Gasteiger partial charge in [-0.15, -0.1) is 11.3 Å². The first kappa shape index (κ1) is 13.5. The quantitative estimate of drug-likeness (QED) is 0.871. The summed E-state index contributed by atoms with van der Waals surface area (Å²) >= 11 is 5.31. The van der Waals surface area contributed by atoms with E-state index in [2.05, 4.69) is 40.0 Å². The molecule has 1 aliphatic carbocycles. The van der Waals surface area contributed by atoms with Crippen molar-refractivity contribution in [3.8, 4) is 0 Å². The smallest absolute Gasteiger partial charge is 0.0701 e. The van der Waals surface area contributed by atoms with Gasteiger partial charge in [0.15, 0.2) is 0 Å². The van der Waals surface area contributed by atoms with Gasteiger partial charge in [0.25, 0.3) is 0 Å². The van der Waals surface area contributed by atoms with Gasteiger partial charge in [0, 0.05) is 30.0 Å². The molecular weight excluding hydrogens is 298 g/mol. The number of likely N-dealkylation sites (N-methyl/N-ethyl adjacent to an activating group) is 1. The van der Waals surface area contributed by atoms with Gasteiger partial charge in [-0.3, -0.25) is 0 Å². The van der Waals surface area contributed by atoms with Gasteiger partial charge in [0.2, 0.25) is 0 Å². The van der Waals surface area contributed by atoms with E-state index in [-0.39, 0.29) is 5.41 Å². The topological polar surface area (TPSA) is 23.5 Å². The highest BCUT2D eigenvalue weighted by atomic mass is 79.9. The highest BCUT2D eigenvalue weighted by molar-refractivity contribution is 9.11. The second-order valence-electron chi connectivity index (χ2n) is 5.21. The molecule has 0 radical (unpaired) electrons. The minimum absolute atomic E-state index is 0.213. The molecular formula is C13H20BrNOS. The van der Waals surface area contributed by atoms with Gasteiger partial charge in [-0.05, 0) is 54.4 Å². The Labute approximate surface area is 116 Å². The number of hydrogen-bond donors (Lipinski definition) is 1. The normalized spacial score (nSPS) is 18.4. The van der Waals surface area contributed by atoms with E-state index in [0.717, 1.165) is 19.5 Å². The van der Waals surface area contributed by atoms with E-state index in [1.165, 1.54) is 27.9 Å². The van der Waals surface area contributed by atoms with Gasteiger partial charge in [0.1, 0.15) is 0 Å². The van der Waals surface area contributed by atoms with Crippen LogP contribution in [0.3, 0.4) is 0 Å². The summed E-state index contributed by atoms with van der Waals surface area (Å²) in [7, 11) is 2.17. The predicted molar refractivity (Wildman–Crippen MR) is 76.6 cm³/mol. The molecule has 0 amide bonds. The Hall–Kier alpha value is 0.1000. The zero-order valence-electron chi connectivity index (χ0n) is 10.3. The molecule has 1 aliphatic rings. The molecule has 1 fully saturated rings. The van der Waals surface area contributed by atoms with Crippen LogP contribution >= 0.6 is 27.3 Å². The summed E-state index contributed by atoms with van der Waals surface area (Å²) in [6.07, 6.45) is 4.78. The van der Waals surface area contributed by atoms with Crippen LogP contribution in [0.15, 0.2) is 15.9 Å². The first-order valence-electron chi connectivity index (χ1n) is 6.17. The van der Waals surface area contributed by atoms with Crippen LogP contribution in [-0.4, -0.2) is 36.8 Å². The average molecular weight is 318 g/mol. The molecule has 1 aromatic heterocycles. The minimum Gasteiger partial charge on any atom is -0.396 e. The molecule has 0 atom stereocenters. The lowest BCUT2D eigenvalue weighted by atomic mass is 9.69. The van der Waals surface area contributed by atoms with Crippen LogP contribution in [0, 0.1) is 5.41 Å². The standard InChI is InChI=1S/C13H20BrNOS/c1-15(9-13(10-16)6-2-7-13)8-5-11-3-4-12(14)17-11/h3-4,16H,2,5-10H2,1H3. The molecule has 0 spiro atoms. The second-order valence-corrected chi connectivity index (χ2v) is 7.75. The summed E-state index contributed by atoms with van der Waals surface area (Å²) < 4.78 is 1.21. The maximum Gasteiger partial charge on any atom is 0.0701 e. The Bertz CT molecular complexity index is 357. The number of rotatable bonds is 6. The summed E-state index contributed by atoms with van der Waals surface area (Å²) in [5, 5.41) is 9.44. The highest BCUT2D eigenvalue weighted by Gasteiger charge is 2.36. The number of nitrogens with zero attached hydrogens (tertiary/aromatic N) is 1. The summed E-state index contributed by atoms with van der Waals surface area (Å²) in [6, 6.07) is 4.30. The summed E-state index contributed by atoms with van der Waals surface area (Å²) in [6.45, 7) is 2.46. The number of aliphatic hydroxyl groups excluding tert-OH is 1. The Kier molecular flexibility index (Phi) is 4.64. The molecule has 2 rings (SSSR count). The largest absolute Gasteiger partial charge is 0.396 e. The molecule has 1 N–H and O–H groups in total. The third-order valence-electron chi connectivity index (χ3n) is 3.72. The minimum atomic E-state index is 0.213. The molecule has 2 nitrogen and oxygen atoms in total. The van der Waals surface area contributed by atoms with E-state index in [1.807, 2.05) is 11.3 Å². The second kappa shape index (κ2) is 5.83. The highest BCUT2D eigenvalue weighted by Crippen LogP contribution is 2.40. The molecule has 0 aliphatic heterocycles.